The Morgan fingerprint density at radius 3 is 2.31 bits per heavy atom. The number of nitrogens with one attached hydrogen (secondary N) is 3. The van der Waals surface area contributed by atoms with Gasteiger partial charge < -0.3 is 30.3 Å². The van der Waals surface area contributed by atoms with E-state index in [1.54, 1.807) is 31.4 Å². The van der Waals surface area contributed by atoms with Crippen molar-refractivity contribution in [1.29, 1.82) is 0 Å². The monoisotopic (exact) mass is 571 g/mol. The summed E-state index contributed by atoms with van der Waals surface area (Å²) in [6.07, 6.45) is 5.50. The average Bonchev–Trinajstić information content (AvgIpc) is 3.02. The zero-order valence-corrected chi connectivity index (χ0v) is 24.5. The third-order valence-electron chi connectivity index (χ3n) is 8.06. The standard InChI is InChI=1S/C33H41N5O4/c1-41-27-14-15-29(31(22-27)42-2)36-33(40)35-26-13-16-30(28(21-26)32(39)34-25-11-7-4-8-12-25)38-19-17-37(18-20-38)23-24-9-5-3-6-10-24/h3,5-6,9-10,13-16,21-22,25H,4,7-8,11-12,17-20,23H2,1-2H3,(H,34,39)(H2,35,36,40). The number of hydrogen-bond acceptors (Lipinski definition) is 6. The van der Waals surface area contributed by atoms with Gasteiger partial charge in [0, 0.05) is 56.2 Å². The first-order valence-electron chi connectivity index (χ1n) is 14.8. The Balaban J connectivity index is 1.30. The smallest absolute Gasteiger partial charge is 0.323 e. The number of nitrogens with zero attached hydrogens (tertiary/aromatic N) is 2. The maximum absolute atomic E-state index is 13.6. The van der Waals surface area contributed by atoms with Crippen molar-refractivity contribution < 1.29 is 19.1 Å². The number of carbonyl (C=O) groups is 2. The summed E-state index contributed by atoms with van der Waals surface area (Å²) in [7, 11) is 3.11. The molecule has 0 unspecified atom stereocenters. The molecule has 3 aromatic rings. The van der Waals surface area contributed by atoms with E-state index in [2.05, 4.69) is 50.0 Å². The lowest BCUT2D eigenvalue weighted by Gasteiger charge is -2.37. The van der Waals surface area contributed by atoms with Gasteiger partial charge in [0.05, 0.1) is 25.5 Å². The minimum Gasteiger partial charge on any atom is -0.497 e. The molecule has 3 N–H and O–H groups in total. The van der Waals surface area contributed by atoms with Gasteiger partial charge in [0.2, 0.25) is 0 Å². The molecule has 0 radical (unpaired) electrons. The second kappa shape index (κ2) is 14.1. The molecule has 1 aliphatic carbocycles. The molecular formula is C33H41N5O4. The summed E-state index contributed by atoms with van der Waals surface area (Å²) >= 11 is 0. The Morgan fingerprint density at radius 2 is 1.60 bits per heavy atom. The molecule has 0 bridgehead atoms. The highest BCUT2D eigenvalue weighted by Crippen LogP contribution is 2.30. The summed E-state index contributed by atoms with van der Waals surface area (Å²) in [5.74, 6) is 1.02. The Bertz CT molecular complexity index is 1350. The number of methoxy groups -OCH3 is 2. The zero-order chi connectivity index (χ0) is 29.3. The lowest BCUT2D eigenvalue weighted by molar-refractivity contribution is 0.0928. The van der Waals surface area contributed by atoms with Crippen LogP contribution in [-0.4, -0.2) is 63.3 Å². The molecule has 5 rings (SSSR count). The fraction of sp³-hybridized carbons (Fsp3) is 0.394. The number of piperazine rings is 1. The summed E-state index contributed by atoms with van der Waals surface area (Å²) in [4.78, 5) is 31.3. The predicted molar refractivity (Wildman–Crippen MR) is 167 cm³/mol. The third-order valence-corrected chi connectivity index (χ3v) is 8.06. The van der Waals surface area contributed by atoms with Crippen LogP contribution >= 0.6 is 0 Å². The Hall–Kier alpha value is -4.24. The van der Waals surface area contributed by atoms with Crippen molar-refractivity contribution in [3.05, 3.63) is 77.9 Å². The van der Waals surface area contributed by atoms with Crippen LogP contribution in [0.3, 0.4) is 0 Å². The highest BCUT2D eigenvalue weighted by molar-refractivity contribution is 6.04. The van der Waals surface area contributed by atoms with Crippen LogP contribution in [0, 0.1) is 0 Å². The second-order valence-corrected chi connectivity index (χ2v) is 10.9. The van der Waals surface area contributed by atoms with Crippen LogP contribution in [0.15, 0.2) is 66.7 Å². The van der Waals surface area contributed by atoms with Crippen molar-refractivity contribution in [2.45, 2.75) is 44.7 Å². The molecule has 42 heavy (non-hydrogen) atoms. The van der Waals surface area contributed by atoms with Crippen molar-refractivity contribution in [2.24, 2.45) is 0 Å². The fourth-order valence-electron chi connectivity index (χ4n) is 5.76. The third kappa shape index (κ3) is 7.53. The van der Waals surface area contributed by atoms with Gasteiger partial charge in [-0.25, -0.2) is 4.79 Å². The SMILES string of the molecule is COc1ccc(NC(=O)Nc2ccc(N3CCN(Cc4ccccc4)CC3)c(C(=O)NC3CCCCC3)c2)c(OC)c1. The first-order chi connectivity index (χ1) is 20.5. The van der Waals surface area contributed by atoms with Crippen LogP contribution in [0.5, 0.6) is 11.5 Å². The van der Waals surface area contributed by atoms with Gasteiger partial charge in [-0.2, -0.15) is 0 Å². The van der Waals surface area contributed by atoms with Gasteiger partial charge in [-0.3, -0.25) is 9.69 Å². The number of benzene rings is 3. The van der Waals surface area contributed by atoms with Crippen LogP contribution in [0.4, 0.5) is 21.9 Å². The van der Waals surface area contributed by atoms with E-state index in [0.29, 0.717) is 28.4 Å². The molecule has 3 amide bonds. The largest absolute Gasteiger partial charge is 0.497 e. The van der Waals surface area contributed by atoms with Crippen molar-refractivity contribution in [2.75, 3.05) is 55.9 Å². The lowest BCUT2D eigenvalue weighted by Crippen LogP contribution is -2.46. The number of amides is 3. The summed E-state index contributed by atoms with van der Waals surface area (Å²) in [6, 6.07) is 21.0. The number of urea groups is 1. The van der Waals surface area contributed by atoms with Crippen LogP contribution in [-0.2, 0) is 6.54 Å². The van der Waals surface area contributed by atoms with Gasteiger partial charge in [-0.1, -0.05) is 49.6 Å². The Kier molecular flexibility index (Phi) is 9.82. The van der Waals surface area contributed by atoms with Crippen LogP contribution in [0.25, 0.3) is 0 Å². The second-order valence-electron chi connectivity index (χ2n) is 10.9. The number of hydrogen-bond donors (Lipinski definition) is 3. The molecule has 222 valence electrons. The molecule has 0 spiro atoms. The lowest BCUT2D eigenvalue weighted by atomic mass is 9.95. The van der Waals surface area contributed by atoms with E-state index in [9.17, 15) is 9.59 Å². The molecular weight excluding hydrogens is 530 g/mol. The Morgan fingerprint density at radius 1 is 0.833 bits per heavy atom. The molecule has 1 saturated heterocycles. The van der Waals surface area contributed by atoms with Crippen LogP contribution < -0.4 is 30.3 Å². The minimum absolute atomic E-state index is 0.0931. The van der Waals surface area contributed by atoms with E-state index >= 15 is 0 Å². The fourth-order valence-corrected chi connectivity index (χ4v) is 5.76. The highest BCUT2D eigenvalue weighted by atomic mass is 16.5. The normalized spacial score (nSPS) is 16.0. The van der Waals surface area contributed by atoms with Gasteiger partial charge in [0.1, 0.15) is 11.5 Å². The first kappa shape index (κ1) is 29.3. The van der Waals surface area contributed by atoms with Crippen molar-refractivity contribution >= 4 is 29.0 Å². The minimum atomic E-state index is -0.431. The van der Waals surface area contributed by atoms with Crippen molar-refractivity contribution in [3.63, 3.8) is 0 Å². The van der Waals surface area contributed by atoms with E-state index in [1.807, 2.05) is 18.2 Å². The van der Waals surface area contributed by atoms with Gasteiger partial charge in [-0.15, -0.1) is 0 Å². The molecule has 2 fully saturated rings. The van der Waals surface area contributed by atoms with Gasteiger partial charge in [-0.05, 0) is 48.7 Å². The summed E-state index contributed by atoms with van der Waals surface area (Å²) < 4.78 is 10.6. The molecule has 1 heterocycles. The maximum Gasteiger partial charge on any atom is 0.323 e. The van der Waals surface area contributed by atoms with E-state index in [1.165, 1.54) is 19.1 Å². The first-order valence-corrected chi connectivity index (χ1v) is 14.8. The molecule has 3 aromatic carbocycles. The molecule has 1 aliphatic heterocycles. The van der Waals surface area contributed by atoms with Crippen LogP contribution in [0.2, 0.25) is 0 Å². The topological polar surface area (TPSA) is 95.2 Å². The van der Waals surface area contributed by atoms with Gasteiger partial charge >= 0.3 is 6.03 Å². The summed E-state index contributed by atoms with van der Waals surface area (Å²) in [6.45, 7) is 4.37. The van der Waals surface area contributed by atoms with E-state index in [-0.39, 0.29) is 11.9 Å². The average molecular weight is 572 g/mol. The molecule has 2 aliphatic rings. The predicted octanol–water partition coefficient (Wildman–Crippen LogP) is 5.73. The zero-order valence-electron chi connectivity index (χ0n) is 24.5. The van der Waals surface area contributed by atoms with Crippen molar-refractivity contribution in [1.82, 2.24) is 10.2 Å². The molecule has 9 nitrogen and oxygen atoms in total. The molecule has 0 aromatic heterocycles. The number of carbonyl (C=O) groups excluding carboxylic acids is 2. The van der Waals surface area contributed by atoms with Gasteiger partial charge in [0.25, 0.3) is 5.91 Å². The number of ether oxygens (including phenoxy) is 2. The van der Waals surface area contributed by atoms with E-state index < -0.39 is 6.03 Å². The molecule has 1 saturated carbocycles. The van der Waals surface area contributed by atoms with Gasteiger partial charge in [0.15, 0.2) is 0 Å². The summed E-state index contributed by atoms with van der Waals surface area (Å²) in [5.41, 5.74) is 3.83. The summed E-state index contributed by atoms with van der Waals surface area (Å²) in [5, 5.41) is 8.99. The molecule has 0 atom stereocenters. The van der Waals surface area contributed by atoms with Crippen molar-refractivity contribution in [3.8, 4) is 11.5 Å². The quantitative estimate of drug-likeness (QED) is 0.304. The van der Waals surface area contributed by atoms with E-state index in [4.69, 9.17) is 9.47 Å². The molecule has 9 heteroatoms. The maximum atomic E-state index is 13.6. The van der Waals surface area contributed by atoms with E-state index in [0.717, 1.165) is 64.1 Å². The number of rotatable bonds is 9. The van der Waals surface area contributed by atoms with Crippen LogP contribution in [0.1, 0.15) is 48.0 Å². The Labute approximate surface area is 248 Å². The highest BCUT2D eigenvalue weighted by Gasteiger charge is 2.24. The number of anilines is 3.